The van der Waals surface area contributed by atoms with Crippen molar-refractivity contribution in [1.82, 2.24) is 0 Å². The molecule has 4 rings (SSSR count). The fourth-order valence-corrected chi connectivity index (χ4v) is 3.89. The van der Waals surface area contributed by atoms with Gasteiger partial charge in [0.2, 0.25) is 5.91 Å². The fourth-order valence-electron chi connectivity index (χ4n) is 3.71. The van der Waals surface area contributed by atoms with Crippen molar-refractivity contribution in [3.05, 3.63) is 94.5 Å². The van der Waals surface area contributed by atoms with Crippen LogP contribution in [-0.4, -0.2) is 13.0 Å². The molecule has 3 aromatic carbocycles. The van der Waals surface area contributed by atoms with Crippen molar-refractivity contribution in [2.24, 2.45) is 0 Å². The lowest BCUT2D eigenvalue weighted by Gasteiger charge is -2.18. The molecule has 0 fully saturated rings. The van der Waals surface area contributed by atoms with E-state index in [1.54, 1.807) is 7.11 Å². The first kappa shape index (κ1) is 17.6. The number of hydrogen-bond acceptors (Lipinski definition) is 2. The summed E-state index contributed by atoms with van der Waals surface area (Å²) in [4.78, 5) is 15.2. The topological polar surface area (TPSA) is 29.5 Å². The number of rotatable bonds is 5. The molecule has 0 aliphatic carbocycles. The normalized spacial score (nSPS) is 15.7. The highest BCUT2D eigenvalue weighted by Crippen LogP contribution is 2.42. The number of amides is 1. The number of hydrogen-bond donors (Lipinski definition) is 0. The summed E-state index contributed by atoms with van der Waals surface area (Å²) in [6, 6.07) is 23.6. The largest absolute Gasteiger partial charge is 0.496 e. The van der Waals surface area contributed by atoms with Crippen LogP contribution >= 0.6 is 11.6 Å². The van der Waals surface area contributed by atoms with Crippen LogP contribution in [0.1, 0.15) is 22.6 Å². The van der Waals surface area contributed by atoms with Crippen molar-refractivity contribution < 1.29 is 9.53 Å². The Bertz CT molecular complexity index is 971. The molecule has 3 nitrogen and oxygen atoms in total. The third-order valence-electron chi connectivity index (χ3n) is 5.02. The maximum Gasteiger partial charge on any atom is 0.235 e. The van der Waals surface area contributed by atoms with E-state index < -0.39 is 0 Å². The van der Waals surface area contributed by atoms with E-state index in [9.17, 15) is 4.79 Å². The minimum Gasteiger partial charge on any atom is -0.496 e. The van der Waals surface area contributed by atoms with Gasteiger partial charge in [-0.15, -0.1) is 0 Å². The molecule has 0 radical (unpaired) electrons. The van der Waals surface area contributed by atoms with Crippen molar-refractivity contribution >= 4 is 23.2 Å². The predicted octanol–water partition coefficient (Wildman–Crippen LogP) is 5.22. The molecule has 1 atom stereocenters. The third kappa shape index (κ3) is 3.43. The minimum absolute atomic E-state index is 0.0991. The molecule has 0 saturated heterocycles. The van der Waals surface area contributed by atoms with Gasteiger partial charge in [0.1, 0.15) is 5.75 Å². The number of anilines is 1. The van der Waals surface area contributed by atoms with Crippen LogP contribution in [0.15, 0.2) is 72.8 Å². The summed E-state index contributed by atoms with van der Waals surface area (Å²) in [7, 11) is 1.65. The van der Waals surface area contributed by atoms with Crippen LogP contribution in [-0.2, 0) is 17.8 Å². The third-order valence-corrected chi connectivity index (χ3v) is 5.26. The van der Waals surface area contributed by atoms with Crippen LogP contribution in [0.3, 0.4) is 0 Å². The van der Waals surface area contributed by atoms with Crippen molar-refractivity contribution in [2.75, 3.05) is 12.0 Å². The molecular weight excluding hydrogens is 358 g/mol. The van der Waals surface area contributed by atoms with E-state index in [0.29, 0.717) is 18.0 Å². The number of para-hydroxylation sites is 1. The van der Waals surface area contributed by atoms with Crippen LogP contribution in [0.25, 0.3) is 0 Å². The number of halogens is 1. The smallest absolute Gasteiger partial charge is 0.235 e. The van der Waals surface area contributed by atoms with Gasteiger partial charge >= 0.3 is 0 Å². The molecule has 1 heterocycles. The molecule has 136 valence electrons. The van der Waals surface area contributed by atoms with Crippen LogP contribution in [0.2, 0.25) is 5.02 Å². The summed E-state index contributed by atoms with van der Waals surface area (Å²) in [5, 5.41) is 0.646. The standard InChI is InChI=1S/C23H20ClNO2/c1-27-22-10-6-5-9-17(22)13-20-19-14-18(24)11-12-21(19)25(23(20)26)15-16-7-3-2-4-8-16/h2-12,14,20H,13,15H2,1H3. The molecular formula is C23H20ClNO2. The van der Waals surface area contributed by atoms with Crippen LogP contribution in [0, 0.1) is 0 Å². The number of carbonyl (C=O) groups excluding carboxylic acids is 1. The zero-order valence-corrected chi connectivity index (χ0v) is 15.8. The van der Waals surface area contributed by atoms with Gasteiger partial charge in [0, 0.05) is 10.7 Å². The van der Waals surface area contributed by atoms with Crippen molar-refractivity contribution in [1.29, 1.82) is 0 Å². The SMILES string of the molecule is COc1ccccc1CC1C(=O)N(Cc2ccccc2)c2ccc(Cl)cc21. The van der Waals surface area contributed by atoms with Gasteiger partial charge in [0.05, 0.1) is 19.6 Å². The molecule has 1 unspecified atom stereocenters. The number of fused-ring (bicyclic) bond motifs is 1. The molecule has 1 aliphatic rings. The summed E-state index contributed by atoms with van der Waals surface area (Å²) < 4.78 is 5.47. The minimum atomic E-state index is -0.265. The Morgan fingerprint density at radius 1 is 1.00 bits per heavy atom. The summed E-state index contributed by atoms with van der Waals surface area (Å²) in [6.07, 6.45) is 0.585. The Morgan fingerprint density at radius 2 is 1.74 bits per heavy atom. The maximum atomic E-state index is 13.3. The van der Waals surface area contributed by atoms with Crippen LogP contribution in [0.4, 0.5) is 5.69 Å². The Balaban J connectivity index is 1.70. The van der Waals surface area contributed by atoms with E-state index in [-0.39, 0.29) is 11.8 Å². The Labute approximate surface area is 164 Å². The van der Waals surface area contributed by atoms with E-state index in [2.05, 4.69) is 0 Å². The molecule has 0 bridgehead atoms. The zero-order valence-electron chi connectivity index (χ0n) is 15.1. The number of benzene rings is 3. The lowest BCUT2D eigenvalue weighted by molar-refractivity contribution is -0.119. The van der Waals surface area contributed by atoms with Crippen molar-refractivity contribution in [2.45, 2.75) is 18.9 Å². The number of ether oxygens (including phenoxy) is 1. The summed E-state index contributed by atoms with van der Waals surface area (Å²) >= 11 is 6.25. The second-order valence-corrected chi connectivity index (χ2v) is 7.12. The van der Waals surface area contributed by atoms with Gasteiger partial charge in [0.25, 0.3) is 0 Å². The van der Waals surface area contributed by atoms with Gasteiger partial charge in [-0.1, -0.05) is 60.1 Å². The lowest BCUT2D eigenvalue weighted by atomic mass is 9.93. The molecule has 0 spiro atoms. The first-order chi connectivity index (χ1) is 13.2. The quantitative estimate of drug-likeness (QED) is 0.610. The number of nitrogens with zero attached hydrogens (tertiary/aromatic N) is 1. The van der Waals surface area contributed by atoms with E-state index >= 15 is 0 Å². The lowest BCUT2D eigenvalue weighted by Crippen LogP contribution is -2.29. The highest BCUT2D eigenvalue weighted by atomic mass is 35.5. The van der Waals surface area contributed by atoms with E-state index in [0.717, 1.165) is 28.1 Å². The van der Waals surface area contributed by atoms with Gasteiger partial charge in [-0.3, -0.25) is 4.79 Å². The fraction of sp³-hybridized carbons (Fsp3) is 0.174. The number of carbonyl (C=O) groups is 1. The molecule has 3 aromatic rings. The van der Waals surface area contributed by atoms with Gasteiger partial charge in [-0.05, 0) is 47.4 Å². The first-order valence-electron chi connectivity index (χ1n) is 8.94. The molecule has 0 saturated carbocycles. The average molecular weight is 378 g/mol. The van der Waals surface area contributed by atoms with Crippen LogP contribution < -0.4 is 9.64 Å². The Hall–Kier alpha value is -2.78. The van der Waals surface area contributed by atoms with Crippen LogP contribution in [0.5, 0.6) is 5.75 Å². The average Bonchev–Trinajstić information content (AvgIpc) is 2.94. The Morgan fingerprint density at radius 3 is 2.52 bits per heavy atom. The second kappa shape index (κ2) is 7.45. The zero-order chi connectivity index (χ0) is 18.8. The molecule has 1 amide bonds. The van der Waals surface area contributed by atoms with E-state index in [4.69, 9.17) is 16.3 Å². The monoisotopic (exact) mass is 377 g/mol. The Kier molecular flexibility index (Phi) is 4.87. The van der Waals surface area contributed by atoms with Crippen molar-refractivity contribution in [3.8, 4) is 5.75 Å². The highest BCUT2D eigenvalue weighted by molar-refractivity contribution is 6.31. The van der Waals surface area contributed by atoms with E-state index in [1.165, 1.54) is 0 Å². The number of methoxy groups -OCH3 is 1. The molecule has 27 heavy (non-hydrogen) atoms. The van der Waals surface area contributed by atoms with Crippen molar-refractivity contribution in [3.63, 3.8) is 0 Å². The van der Waals surface area contributed by atoms with Gasteiger partial charge in [-0.2, -0.15) is 0 Å². The summed E-state index contributed by atoms with van der Waals surface area (Å²) in [6.45, 7) is 0.552. The van der Waals surface area contributed by atoms with E-state index in [1.807, 2.05) is 77.7 Å². The highest BCUT2D eigenvalue weighted by Gasteiger charge is 2.37. The molecule has 0 aromatic heterocycles. The predicted molar refractivity (Wildman–Crippen MR) is 109 cm³/mol. The maximum absolute atomic E-state index is 13.3. The van der Waals surface area contributed by atoms with Gasteiger partial charge in [-0.25, -0.2) is 0 Å². The molecule has 0 N–H and O–H groups in total. The molecule has 1 aliphatic heterocycles. The van der Waals surface area contributed by atoms with Gasteiger partial charge in [0.15, 0.2) is 0 Å². The second-order valence-electron chi connectivity index (χ2n) is 6.68. The molecule has 4 heteroatoms. The summed E-state index contributed by atoms with van der Waals surface area (Å²) in [5.41, 5.74) is 4.04. The first-order valence-corrected chi connectivity index (χ1v) is 9.32. The summed E-state index contributed by atoms with van der Waals surface area (Å²) in [5.74, 6) is 0.635. The van der Waals surface area contributed by atoms with Gasteiger partial charge < -0.3 is 9.64 Å².